The Kier molecular flexibility index (Phi) is 13.5. The number of hydrogen-bond acceptors (Lipinski definition) is 18. The van der Waals surface area contributed by atoms with E-state index in [1.807, 2.05) is 0 Å². The Morgan fingerprint density at radius 1 is 0.483 bits per heavy atom. The topological polar surface area (TPSA) is 287 Å². The molecule has 0 aromatic heterocycles. The van der Waals surface area contributed by atoms with E-state index in [0.29, 0.717) is 32.1 Å². The summed E-state index contributed by atoms with van der Waals surface area (Å²) in [6.45, 7) is -0.658. The highest BCUT2D eigenvalue weighted by Crippen LogP contribution is 2.54. The van der Waals surface area contributed by atoms with Crippen LogP contribution >= 0.6 is 0 Å². The normalized spacial score (nSPS) is 57.6. The quantitative estimate of drug-likeness (QED) is 0.114. The molecule has 18 nitrogen and oxygen atoms in total. The molecule has 4 aliphatic carbocycles. The van der Waals surface area contributed by atoms with Crippen LogP contribution in [0.15, 0.2) is 0 Å². The standard InChI is InChI=1S/C40H66O18/c1-52-27-6-15(7-28(53-2)32(27)48)37-39(58-40-35(51)34(50)33(49)29(13-41)56-40)18-11-26(54-24-8-16(42)9-25(55-37)30(18)24)31-22(46)12-20(44)17-10-23(47)36(57-38(17)31)14-3-4-19(43)21(45)5-14/h14-51H,3-13H2,1-2H3. The van der Waals surface area contributed by atoms with Gasteiger partial charge < -0.3 is 89.3 Å². The molecule has 0 aromatic carbocycles. The van der Waals surface area contributed by atoms with Crippen molar-refractivity contribution in [3.05, 3.63) is 0 Å². The lowest BCUT2D eigenvalue weighted by molar-refractivity contribution is -0.355. The van der Waals surface area contributed by atoms with E-state index in [1.165, 1.54) is 14.2 Å². The van der Waals surface area contributed by atoms with Gasteiger partial charge in [-0.1, -0.05) is 0 Å². The van der Waals surface area contributed by atoms with E-state index < -0.39 is 153 Å². The Morgan fingerprint density at radius 2 is 1.16 bits per heavy atom. The molecule has 18 heteroatoms. The predicted molar refractivity (Wildman–Crippen MR) is 195 cm³/mol. The highest BCUT2D eigenvalue weighted by molar-refractivity contribution is 5.10. The van der Waals surface area contributed by atoms with E-state index in [2.05, 4.69) is 0 Å². The van der Waals surface area contributed by atoms with E-state index in [-0.39, 0.29) is 49.9 Å². The maximum atomic E-state index is 11.9. The van der Waals surface area contributed by atoms with Crippen LogP contribution in [0.2, 0.25) is 0 Å². The zero-order valence-electron chi connectivity index (χ0n) is 33.1. The fourth-order valence-corrected chi connectivity index (χ4v) is 12.5. The first-order valence-electron chi connectivity index (χ1n) is 21.5. The Hall–Kier alpha value is -0.720. The molecule has 8 fully saturated rings. The summed E-state index contributed by atoms with van der Waals surface area (Å²) in [5, 5.41) is 120. The molecule has 25 unspecified atom stereocenters. The van der Waals surface area contributed by atoms with Crippen LogP contribution < -0.4 is 0 Å². The summed E-state index contributed by atoms with van der Waals surface area (Å²) in [6.07, 6.45) is -17.6. The molecular formula is C40H66O18. The fraction of sp³-hybridized carbons (Fsp3) is 1.00. The highest BCUT2D eigenvalue weighted by atomic mass is 16.7. The van der Waals surface area contributed by atoms with Crippen LogP contribution in [-0.4, -0.2) is 205 Å². The summed E-state index contributed by atoms with van der Waals surface area (Å²) >= 11 is 0. The minimum absolute atomic E-state index is 0.0164. The lowest BCUT2D eigenvalue weighted by atomic mass is 9.61. The monoisotopic (exact) mass is 834 g/mol. The van der Waals surface area contributed by atoms with E-state index in [4.69, 9.17) is 33.2 Å². The molecule has 4 heterocycles. The van der Waals surface area contributed by atoms with Crippen molar-refractivity contribution in [2.24, 2.45) is 35.5 Å². The van der Waals surface area contributed by atoms with Crippen LogP contribution in [0, 0.1) is 35.5 Å². The molecule has 0 spiro atoms. The molecule has 4 saturated carbocycles. The van der Waals surface area contributed by atoms with Crippen molar-refractivity contribution < 1.29 is 89.3 Å². The van der Waals surface area contributed by atoms with E-state index >= 15 is 0 Å². The number of methoxy groups -OCH3 is 2. The zero-order valence-corrected chi connectivity index (χ0v) is 33.1. The zero-order chi connectivity index (χ0) is 41.3. The van der Waals surface area contributed by atoms with Gasteiger partial charge in [0.05, 0.1) is 98.2 Å². The number of hydrogen-bond donors (Lipinski definition) is 11. The Morgan fingerprint density at radius 3 is 1.81 bits per heavy atom. The summed E-state index contributed by atoms with van der Waals surface area (Å²) in [5.41, 5.74) is 0. The molecule has 4 aliphatic heterocycles. The van der Waals surface area contributed by atoms with E-state index in [0.717, 1.165) is 0 Å². The van der Waals surface area contributed by atoms with Gasteiger partial charge >= 0.3 is 0 Å². The van der Waals surface area contributed by atoms with Crippen molar-refractivity contribution in [2.75, 3.05) is 20.8 Å². The van der Waals surface area contributed by atoms with Gasteiger partial charge in [-0.3, -0.25) is 0 Å². The van der Waals surface area contributed by atoms with Gasteiger partial charge in [-0.05, 0) is 75.5 Å². The number of aliphatic hydroxyl groups is 11. The Bertz CT molecular complexity index is 1350. The minimum atomic E-state index is -1.71. The summed E-state index contributed by atoms with van der Waals surface area (Å²) in [6, 6.07) is 0. The summed E-state index contributed by atoms with van der Waals surface area (Å²) in [7, 11) is 3.01. The molecule has 58 heavy (non-hydrogen) atoms. The van der Waals surface area contributed by atoms with Crippen LogP contribution in [0.3, 0.4) is 0 Å². The average molecular weight is 835 g/mol. The Labute approximate surface area is 337 Å². The smallest absolute Gasteiger partial charge is 0.187 e. The SMILES string of the molecule is COC1CC(C2OC3CC(O)CC4OC(C5C(O)CC(O)C6CC(O)C(C7CCC(O)C(O)C7)OC65)CC(C2OC2OC(CO)C(O)C(O)C2O)C43)CC(OC)C1O. The van der Waals surface area contributed by atoms with Crippen molar-refractivity contribution in [3.8, 4) is 0 Å². The molecular weight excluding hydrogens is 768 g/mol. The van der Waals surface area contributed by atoms with Gasteiger partial charge in [-0.25, -0.2) is 0 Å². The van der Waals surface area contributed by atoms with Crippen LogP contribution in [0.5, 0.6) is 0 Å². The molecule has 4 saturated heterocycles. The number of rotatable bonds is 8. The number of ether oxygens (including phenoxy) is 7. The third kappa shape index (κ3) is 8.05. The molecule has 25 atom stereocenters. The molecule has 0 bridgehead atoms. The van der Waals surface area contributed by atoms with Crippen molar-refractivity contribution in [3.63, 3.8) is 0 Å². The minimum Gasteiger partial charge on any atom is -0.394 e. The lowest BCUT2D eigenvalue weighted by Crippen LogP contribution is -2.68. The van der Waals surface area contributed by atoms with Crippen molar-refractivity contribution in [2.45, 2.75) is 193 Å². The number of aliphatic hydroxyl groups excluding tert-OH is 11. The second-order valence-corrected chi connectivity index (χ2v) is 18.7. The molecule has 8 rings (SSSR count). The van der Waals surface area contributed by atoms with Gasteiger partial charge in [0, 0.05) is 38.4 Å². The van der Waals surface area contributed by atoms with Crippen molar-refractivity contribution >= 4 is 0 Å². The molecule has 0 amide bonds. The summed E-state index contributed by atoms with van der Waals surface area (Å²) in [5.74, 6) is -2.63. The van der Waals surface area contributed by atoms with Gasteiger partial charge in [0.25, 0.3) is 0 Å². The second kappa shape index (κ2) is 17.8. The predicted octanol–water partition coefficient (Wildman–Crippen LogP) is -3.32. The highest BCUT2D eigenvalue weighted by Gasteiger charge is 2.62. The van der Waals surface area contributed by atoms with E-state index in [9.17, 15) is 56.2 Å². The fourth-order valence-electron chi connectivity index (χ4n) is 12.5. The first kappa shape index (κ1) is 43.9. The molecule has 0 radical (unpaired) electrons. The first-order valence-corrected chi connectivity index (χ1v) is 21.5. The van der Waals surface area contributed by atoms with Gasteiger partial charge in [0.1, 0.15) is 30.5 Å². The van der Waals surface area contributed by atoms with Gasteiger partial charge in [-0.15, -0.1) is 0 Å². The number of fused-ring (bicyclic) bond motifs is 1. The second-order valence-electron chi connectivity index (χ2n) is 18.7. The van der Waals surface area contributed by atoms with Crippen molar-refractivity contribution in [1.82, 2.24) is 0 Å². The third-order valence-electron chi connectivity index (χ3n) is 15.5. The Balaban J connectivity index is 1.14. The van der Waals surface area contributed by atoms with Gasteiger partial charge in [0.2, 0.25) is 0 Å². The molecule has 11 N–H and O–H groups in total. The van der Waals surface area contributed by atoms with Gasteiger partial charge in [-0.2, -0.15) is 0 Å². The summed E-state index contributed by atoms with van der Waals surface area (Å²) < 4.78 is 44.7. The molecule has 334 valence electrons. The first-order chi connectivity index (χ1) is 27.7. The average Bonchev–Trinajstić information content (AvgIpc) is 3.19. The molecule has 8 aliphatic rings. The maximum Gasteiger partial charge on any atom is 0.187 e. The lowest BCUT2D eigenvalue weighted by Gasteiger charge is -2.60. The molecule has 0 aromatic rings. The maximum absolute atomic E-state index is 11.9. The van der Waals surface area contributed by atoms with Crippen LogP contribution in [0.4, 0.5) is 0 Å². The van der Waals surface area contributed by atoms with Crippen molar-refractivity contribution in [1.29, 1.82) is 0 Å². The van der Waals surface area contributed by atoms with Gasteiger partial charge in [0.15, 0.2) is 6.29 Å². The van der Waals surface area contributed by atoms with Crippen LogP contribution in [0.25, 0.3) is 0 Å². The van der Waals surface area contributed by atoms with E-state index in [1.54, 1.807) is 0 Å². The van der Waals surface area contributed by atoms with Crippen LogP contribution in [-0.2, 0) is 33.2 Å². The summed E-state index contributed by atoms with van der Waals surface area (Å²) in [4.78, 5) is 0. The largest absolute Gasteiger partial charge is 0.394 e. The van der Waals surface area contributed by atoms with Crippen LogP contribution in [0.1, 0.15) is 64.2 Å². The third-order valence-corrected chi connectivity index (χ3v) is 15.5.